The second kappa shape index (κ2) is 6.21. The lowest BCUT2D eigenvalue weighted by Crippen LogP contribution is -2.36. The van der Waals surface area contributed by atoms with Gasteiger partial charge in [-0.05, 0) is 43.9 Å². The van der Waals surface area contributed by atoms with Crippen molar-refractivity contribution in [3.8, 4) is 0 Å². The molecule has 1 heterocycles. The van der Waals surface area contributed by atoms with Crippen molar-refractivity contribution in [1.29, 1.82) is 0 Å². The van der Waals surface area contributed by atoms with Gasteiger partial charge in [-0.1, -0.05) is 11.6 Å². The average Bonchev–Trinajstić information content (AvgIpc) is 2.39. The fraction of sp³-hybridized carbons (Fsp3) is 0.538. The number of benzene rings is 1. The monoisotopic (exact) mass is 283 g/mol. The minimum Gasteiger partial charge on any atom is -0.366 e. The van der Waals surface area contributed by atoms with Gasteiger partial charge in [-0.2, -0.15) is 0 Å². The Morgan fingerprint density at radius 2 is 2.32 bits per heavy atom. The largest absolute Gasteiger partial charge is 0.366 e. The number of halogens is 1. The minimum atomic E-state index is -0.349. The van der Waals surface area contributed by atoms with E-state index in [4.69, 9.17) is 17.3 Å². The Bertz CT molecular complexity index is 465. The first-order valence-electron chi connectivity index (χ1n) is 6.50. The maximum absolute atomic E-state index is 11.1. The summed E-state index contributed by atoms with van der Waals surface area (Å²) in [6.45, 7) is 2.32. The standard InChI is InChI=1S/C13H18ClN3O2/c14-11-3-4-12(17(18)19)13(8-11)16-7-1-2-10(9-16)5-6-15/h3-4,8,10H,1-2,5-7,9,15H2. The molecular weight excluding hydrogens is 266 g/mol. The highest BCUT2D eigenvalue weighted by Gasteiger charge is 2.25. The number of nitro groups is 1. The highest BCUT2D eigenvalue weighted by atomic mass is 35.5. The van der Waals surface area contributed by atoms with Crippen LogP contribution in [0.5, 0.6) is 0 Å². The Morgan fingerprint density at radius 3 is 3.00 bits per heavy atom. The third kappa shape index (κ3) is 3.36. The molecule has 1 unspecified atom stereocenters. The second-order valence-electron chi connectivity index (χ2n) is 4.92. The van der Waals surface area contributed by atoms with Gasteiger partial charge in [-0.15, -0.1) is 0 Å². The average molecular weight is 284 g/mol. The molecular formula is C13H18ClN3O2. The summed E-state index contributed by atoms with van der Waals surface area (Å²) in [4.78, 5) is 12.8. The summed E-state index contributed by atoms with van der Waals surface area (Å²) >= 11 is 5.97. The van der Waals surface area contributed by atoms with Gasteiger partial charge in [-0.25, -0.2) is 0 Å². The van der Waals surface area contributed by atoms with Crippen LogP contribution in [0.15, 0.2) is 18.2 Å². The number of hydrogen-bond donors (Lipinski definition) is 1. The van der Waals surface area contributed by atoms with Gasteiger partial charge in [0.25, 0.3) is 5.69 Å². The van der Waals surface area contributed by atoms with Crippen LogP contribution in [0.3, 0.4) is 0 Å². The third-order valence-corrected chi connectivity index (χ3v) is 3.80. The van der Waals surface area contributed by atoms with Crippen LogP contribution in [0.1, 0.15) is 19.3 Å². The molecule has 0 radical (unpaired) electrons. The first-order valence-corrected chi connectivity index (χ1v) is 6.88. The molecule has 1 aromatic rings. The summed E-state index contributed by atoms with van der Waals surface area (Å²) in [7, 11) is 0. The number of nitrogens with zero attached hydrogens (tertiary/aromatic N) is 2. The van der Waals surface area contributed by atoms with Crippen molar-refractivity contribution in [2.75, 3.05) is 24.5 Å². The summed E-state index contributed by atoms with van der Waals surface area (Å²) in [5, 5.41) is 11.6. The van der Waals surface area contributed by atoms with Gasteiger partial charge < -0.3 is 10.6 Å². The lowest BCUT2D eigenvalue weighted by Gasteiger charge is -2.34. The molecule has 0 amide bonds. The van der Waals surface area contributed by atoms with Crippen LogP contribution < -0.4 is 10.6 Å². The van der Waals surface area contributed by atoms with Crippen LogP contribution in [0.2, 0.25) is 5.02 Å². The zero-order valence-corrected chi connectivity index (χ0v) is 11.5. The highest BCUT2D eigenvalue weighted by Crippen LogP contribution is 2.34. The molecule has 0 bridgehead atoms. The normalized spacial score (nSPS) is 19.5. The predicted molar refractivity (Wildman–Crippen MR) is 76.7 cm³/mol. The summed E-state index contributed by atoms with van der Waals surface area (Å²) in [5.74, 6) is 0.511. The molecule has 6 heteroatoms. The predicted octanol–water partition coefficient (Wildman–Crippen LogP) is 2.81. The van der Waals surface area contributed by atoms with Crippen molar-refractivity contribution < 1.29 is 4.92 Å². The van der Waals surface area contributed by atoms with E-state index in [-0.39, 0.29) is 10.6 Å². The van der Waals surface area contributed by atoms with E-state index in [0.717, 1.165) is 32.4 Å². The molecule has 19 heavy (non-hydrogen) atoms. The fourth-order valence-corrected chi connectivity index (χ4v) is 2.83. The van der Waals surface area contributed by atoms with Crippen molar-refractivity contribution in [1.82, 2.24) is 0 Å². The van der Waals surface area contributed by atoms with Crippen molar-refractivity contribution in [2.45, 2.75) is 19.3 Å². The van der Waals surface area contributed by atoms with Gasteiger partial charge in [0.1, 0.15) is 5.69 Å². The lowest BCUT2D eigenvalue weighted by atomic mass is 9.94. The molecule has 0 aromatic heterocycles. The van der Waals surface area contributed by atoms with Crippen LogP contribution >= 0.6 is 11.6 Å². The molecule has 1 saturated heterocycles. The van der Waals surface area contributed by atoms with E-state index in [0.29, 0.717) is 23.2 Å². The molecule has 5 nitrogen and oxygen atoms in total. The lowest BCUT2D eigenvalue weighted by molar-refractivity contribution is -0.384. The van der Waals surface area contributed by atoms with E-state index >= 15 is 0 Å². The van der Waals surface area contributed by atoms with Crippen molar-refractivity contribution in [2.24, 2.45) is 11.7 Å². The van der Waals surface area contributed by atoms with Crippen molar-refractivity contribution >= 4 is 23.0 Å². The number of nitrogens with two attached hydrogens (primary N) is 1. The quantitative estimate of drug-likeness (QED) is 0.681. The van der Waals surface area contributed by atoms with E-state index in [1.807, 2.05) is 0 Å². The van der Waals surface area contributed by atoms with E-state index in [9.17, 15) is 10.1 Å². The fourth-order valence-electron chi connectivity index (χ4n) is 2.66. The van der Waals surface area contributed by atoms with Gasteiger partial charge in [0, 0.05) is 24.2 Å². The Labute approximate surface area is 117 Å². The van der Waals surface area contributed by atoms with E-state index in [1.165, 1.54) is 6.07 Å². The van der Waals surface area contributed by atoms with Crippen LogP contribution in [0.4, 0.5) is 11.4 Å². The number of piperidine rings is 1. The zero-order valence-electron chi connectivity index (χ0n) is 10.7. The van der Waals surface area contributed by atoms with Gasteiger partial charge in [0.15, 0.2) is 0 Å². The Balaban J connectivity index is 2.24. The molecule has 1 aliphatic rings. The second-order valence-corrected chi connectivity index (χ2v) is 5.36. The van der Waals surface area contributed by atoms with Crippen LogP contribution in [0, 0.1) is 16.0 Å². The molecule has 2 rings (SSSR count). The zero-order chi connectivity index (χ0) is 13.8. The summed E-state index contributed by atoms with van der Waals surface area (Å²) < 4.78 is 0. The first-order chi connectivity index (χ1) is 9.11. The molecule has 0 spiro atoms. The Hall–Kier alpha value is -1.33. The van der Waals surface area contributed by atoms with Gasteiger partial charge in [-0.3, -0.25) is 10.1 Å². The smallest absolute Gasteiger partial charge is 0.292 e. The number of hydrogen-bond acceptors (Lipinski definition) is 4. The molecule has 0 saturated carbocycles. The van der Waals surface area contributed by atoms with Crippen LogP contribution in [0.25, 0.3) is 0 Å². The van der Waals surface area contributed by atoms with Gasteiger partial charge in [0.05, 0.1) is 4.92 Å². The maximum Gasteiger partial charge on any atom is 0.292 e. The highest BCUT2D eigenvalue weighted by molar-refractivity contribution is 6.31. The van der Waals surface area contributed by atoms with Crippen molar-refractivity contribution in [3.63, 3.8) is 0 Å². The van der Waals surface area contributed by atoms with E-state index in [2.05, 4.69) is 4.90 Å². The van der Waals surface area contributed by atoms with Gasteiger partial charge in [0.2, 0.25) is 0 Å². The summed E-state index contributed by atoms with van der Waals surface area (Å²) in [6, 6.07) is 4.72. The molecule has 2 N–H and O–H groups in total. The minimum absolute atomic E-state index is 0.123. The summed E-state index contributed by atoms with van der Waals surface area (Å²) in [6.07, 6.45) is 3.14. The van der Waals surface area contributed by atoms with E-state index in [1.54, 1.807) is 12.1 Å². The molecule has 1 atom stereocenters. The van der Waals surface area contributed by atoms with Crippen molar-refractivity contribution in [3.05, 3.63) is 33.3 Å². The summed E-state index contributed by atoms with van der Waals surface area (Å²) in [5.41, 5.74) is 6.35. The maximum atomic E-state index is 11.1. The van der Waals surface area contributed by atoms with Crippen LogP contribution in [-0.2, 0) is 0 Å². The number of rotatable bonds is 4. The Morgan fingerprint density at radius 1 is 1.53 bits per heavy atom. The first kappa shape index (κ1) is 14.1. The van der Waals surface area contributed by atoms with Gasteiger partial charge >= 0.3 is 0 Å². The number of nitro benzene ring substituents is 1. The third-order valence-electron chi connectivity index (χ3n) is 3.57. The molecule has 1 aromatic carbocycles. The van der Waals surface area contributed by atoms with Crippen LogP contribution in [-0.4, -0.2) is 24.6 Å². The Kier molecular flexibility index (Phi) is 4.61. The number of anilines is 1. The molecule has 0 aliphatic carbocycles. The molecule has 104 valence electrons. The molecule has 1 aliphatic heterocycles. The SMILES string of the molecule is NCCC1CCCN(c2cc(Cl)ccc2[N+](=O)[O-])C1. The topological polar surface area (TPSA) is 72.4 Å². The van der Waals surface area contributed by atoms with E-state index < -0.39 is 0 Å². The molecule has 1 fully saturated rings.